The molecular formula is C15H21NO5. The van der Waals surface area contributed by atoms with Crippen LogP contribution in [0.25, 0.3) is 0 Å². The van der Waals surface area contributed by atoms with Crippen LogP contribution in [-0.4, -0.2) is 40.8 Å². The number of carboxylic acids is 1. The Hall–Kier alpha value is -2.08. The van der Waals surface area contributed by atoms with Crippen LogP contribution in [0.1, 0.15) is 32.3 Å². The van der Waals surface area contributed by atoms with E-state index in [1.165, 1.54) is 6.92 Å². The highest BCUT2D eigenvalue weighted by Gasteiger charge is 2.25. The average Bonchev–Trinajstić information content (AvgIpc) is 2.42. The van der Waals surface area contributed by atoms with E-state index in [9.17, 15) is 14.7 Å². The molecule has 6 heteroatoms. The number of ether oxygens (including phenoxy) is 1. The lowest BCUT2D eigenvalue weighted by atomic mass is 10.0. The topological polar surface area (TPSA) is 95.9 Å². The van der Waals surface area contributed by atoms with Gasteiger partial charge in [-0.15, -0.1) is 0 Å². The zero-order valence-corrected chi connectivity index (χ0v) is 12.4. The Labute approximate surface area is 123 Å². The lowest BCUT2D eigenvalue weighted by Gasteiger charge is -2.18. The molecule has 0 unspecified atom stereocenters. The Morgan fingerprint density at radius 3 is 2.38 bits per heavy atom. The van der Waals surface area contributed by atoms with E-state index in [2.05, 4.69) is 5.32 Å². The first-order chi connectivity index (χ1) is 9.82. The normalized spacial score (nSPS) is 13.6. The number of aliphatic carboxylic acids is 1. The molecule has 0 spiro atoms. The number of aliphatic hydroxyl groups is 1. The minimum Gasteiger partial charge on any atom is -0.483 e. The van der Waals surface area contributed by atoms with E-state index >= 15 is 0 Å². The van der Waals surface area contributed by atoms with Gasteiger partial charge in [-0.3, -0.25) is 4.79 Å². The number of amides is 1. The van der Waals surface area contributed by atoms with Gasteiger partial charge in [0.2, 0.25) is 0 Å². The fourth-order valence-corrected chi connectivity index (χ4v) is 1.84. The molecule has 0 bridgehead atoms. The van der Waals surface area contributed by atoms with E-state index < -0.39 is 24.0 Å². The first-order valence-corrected chi connectivity index (χ1v) is 6.75. The van der Waals surface area contributed by atoms with Crippen molar-refractivity contribution in [2.24, 2.45) is 0 Å². The average molecular weight is 295 g/mol. The van der Waals surface area contributed by atoms with E-state index in [0.717, 1.165) is 5.56 Å². The van der Waals surface area contributed by atoms with Gasteiger partial charge in [0.25, 0.3) is 5.91 Å². The standard InChI is InChI=1S/C15H21NO5/c1-9(2)11-6-4-5-7-12(11)21-8-13(18)16-14(10(3)17)15(19)20/h4-7,9-10,14,17H,8H2,1-3H3,(H,16,18)(H,19,20)/t10-,14+/m1/s1. The minimum atomic E-state index is -1.35. The Bertz CT molecular complexity index is 499. The molecule has 0 radical (unpaired) electrons. The SMILES string of the molecule is CC(C)c1ccccc1OCC(=O)N[C@H](C(=O)O)[C@@H](C)O. The number of para-hydroxylation sites is 1. The fourth-order valence-electron chi connectivity index (χ4n) is 1.84. The first kappa shape index (κ1) is 17.0. The predicted octanol–water partition coefficient (Wildman–Crippen LogP) is 1.14. The van der Waals surface area contributed by atoms with Gasteiger partial charge in [-0.05, 0) is 24.5 Å². The molecule has 0 aliphatic heterocycles. The second-order valence-corrected chi connectivity index (χ2v) is 5.11. The van der Waals surface area contributed by atoms with Crippen LogP contribution < -0.4 is 10.1 Å². The molecule has 1 aromatic rings. The number of carbonyl (C=O) groups excluding carboxylic acids is 1. The van der Waals surface area contributed by atoms with Gasteiger partial charge >= 0.3 is 5.97 Å². The quantitative estimate of drug-likeness (QED) is 0.701. The molecule has 1 amide bonds. The molecule has 0 saturated heterocycles. The third-order valence-corrected chi connectivity index (χ3v) is 2.96. The van der Waals surface area contributed by atoms with E-state index in [4.69, 9.17) is 9.84 Å². The largest absolute Gasteiger partial charge is 0.483 e. The van der Waals surface area contributed by atoms with Crippen molar-refractivity contribution >= 4 is 11.9 Å². The van der Waals surface area contributed by atoms with Gasteiger partial charge in [-0.25, -0.2) is 4.79 Å². The van der Waals surface area contributed by atoms with Crippen molar-refractivity contribution < 1.29 is 24.5 Å². The number of carboxylic acid groups (broad SMARTS) is 1. The van der Waals surface area contributed by atoms with E-state index in [1.54, 1.807) is 12.1 Å². The Balaban J connectivity index is 2.63. The number of hydrogen-bond donors (Lipinski definition) is 3. The van der Waals surface area contributed by atoms with Crippen LogP contribution in [0.15, 0.2) is 24.3 Å². The maximum absolute atomic E-state index is 11.7. The number of hydrogen-bond acceptors (Lipinski definition) is 4. The summed E-state index contributed by atoms with van der Waals surface area (Å²) in [5.74, 6) is -1.05. The van der Waals surface area contributed by atoms with Crippen molar-refractivity contribution in [3.05, 3.63) is 29.8 Å². The van der Waals surface area contributed by atoms with Crippen molar-refractivity contribution in [1.82, 2.24) is 5.32 Å². The van der Waals surface area contributed by atoms with Crippen LogP contribution in [-0.2, 0) is 9.59 Å². The Morgan fingerprint density at radius 1 is 1.24 bits per heavy atom. The molecule has 1 rings (SSSR count). The zero-order chi connectivity index (χ0) is 16.0. The Kier molecular flexibility index (Phi) is 6.17. The summed E-state index contributed by atoms with van der Waals surface area (Å²) in [6.07, 6.45) is -1.19. The predicted molar refractivity (Wildman–Crippen MR) is 77.3 cm³/mol. The monoisotopic (exact) mass is 295 g/mol. The molecule has 2 atom stereocenters. The summed E-state index contributed by atoms with van der Waals surface area (Å²) < 4.78 is 5.43. The van der Waals surface area contributed by atoms with Crippen molar-refractivity contribution in [1.29, 1.82) is 0 Å². The second kappa shape index (κ2) is 7.64. The van der Waals surface area contributed by atoms with Gasteiger partial charge in [0.1, 0.15) is 5.75 Å². The summed E-state index contributed by atoms with van der Waals surface area (Å²) in [6, 6.07) is 6.01. The first-order valence-electron chi connectivity index (χ1n) is 6.75. The summed E-state index contributed by atoms with van der Waals surface area (Å²) in [5.41, 5.74) is 0.968. The van der Waals surface area contributed by atoms with Gasteiger partial charge in [0, 0.05) is 0 Å². The van der Waals surface area contributed by atoms with Crippen LogP contribution in [0.2, 0.25) is 0 Å². The summed E-state index contributed by atoms with van der Waals surface area (Å²) >= 11 is 0. The smallest absolute Gasteiger partial charge is 0.328 e. The van der Waals surface area contributed by atoms with Crippen molar-refractivity contribution in [3.8, 4) is 5.75 Å². The molecule has 21 heavy (non-hydrogen) atoms. The molecular weight excluding hydrogens is 274 g/mol. The lowest BCUT2D eigenvalue weighted by molar-refractivity contribution is -0.145. The maximum Gasteiger partial charge on any atom is 0.328 e. The number of carbonyl (C=O) groups is 2. The molecule has 0 aliphatic rings. The summed E-state index contributed by atoms with van der Waals surface area (Å²) in [6.45, 7) is 5.01. The molecule has 1 aromatic carbocycles. The molecule has 0 aromatic heterocycles. The molecule has 6 nitrogen and oxygen atoms in total. The number of aliphatic hydroxyl groups excluding tert-OH is 1. The van der Waals surface area contributed by atoms with Crippen molar-refractivity contribution in [3.63, 3.8) is 0 Å². The van der Waals surface area contributed by atoms with Crippen molar-refractivity contribution in [2.45, 2.75) is 38.8 Å². The van der Waals surface area contributed by atoms with Crippen molar-refractivity contribution in [2.75, 3.05) is 6.61 Å². The van der Waals surface area contributed by atoms with Gasteiger partial charge in [0.15, 0.2) is 12.6 Å². The molecule has 0 saturated carbocycles. The van der Waals surface area contributed by atoms with E-state index in [1.807, 2.05) is 26.0 Å². The molecule has 3 N–H and O–H groups in total. The van der Waals surface area contributed by atoms with Crippen LogP contribution in [0, 0.1) is 0 Å². The molecule has 0 aliphatic carbocycles. The molecule has 116 valence electrons. The highest BCUT2D eigenvalue weighted by atomic mass is 16.5. The summed E-state index contributed by atoms with van der Waals surface area (Å²) in [5, 5.41) is 20.4. The number of benzene rings is 1. The fraction of sp³-hybridized carbons (Fsp3) is 0.467. The van der Waals surface area contributed by atoms with Crippen LogP contribution >= 0.6 is 0 Å². The van der Waals surface area contributed by atoms with Gasteiger partial charge < -0.3 is 20.3 Å². The van der Waals surface area contributed by atoms with E-state index in [0.29, 0.717) is 5.75 Å². The van der Waals surface area contributed by atoms with Gasteiger partial charge in [-0.1, -0.05) is 32.0 Å². The number of rotatable bonds is 7. The van der Waals surface area contributed by atoms with Gasteiger partial charge in [0.05, 0.1) is 6.10 Å². The number of nitrogens with one attached hydrogen (secondary N) is 1. The summed E-state index contributed by atoms with van der Waals surface area (Å²) in [4.78, 5) is 22.6. The third kappa shape index (κ3) is 5.07. The lowest BCUT2D eigenvalue weighted by Crippen LogP contribution is -2.49. The molecule has 0 fully saturated rings. The molecule has 0 heterocycles. The zero-order valence-electron chi connectivity index (χ0n) is 12.4. The second-order valence-electron chi connectivity index (χ2n) is 5.11. The van der Waals surface area contributed by atoms with Crippen LogP contribution in [0.3, 0.4) is 0 Å². The highest BCUT2D eigenvalue weighted by Crippen LogP contribution is 2.25. The third-order valence-electron chi connectivity index (χ3n) is 2.96. The summed E-state index contributed by atoms with van der Waals surface area (Å²) in [7, 11) is 0. The Morgan fingerprint density at radius 2 is 1.86 bits per heavy atom. The maximum atomic E-state index is 11.7. The highest BCUT2D eigenvalue weighted by molar-refractivity contribution is 5.84. The minimum absolute atomic E-state index is 0.244. The van der Waals surface area contributed by atoms with E-state index in [-0.39, 0.29) is 12.5 Å². The van der Waals surface area contributed by atoms with Crippen LogP contribution in [0.5, 0.6) is 5.75 Å². The van der Waals surface area contributed by atoms with Gasteiger partial charge in [-0.2, -0.15) is 0 Å². The van der Waals surface area contributed by atoms with Crippen LogP contribution in [0.4, 0.5) is 0 Å².